The lowest BCUT2D eigenvalue weighted by Crippen LogP contribution is -2.48. The van der Waals surface area contributed by atoms with Crippen LogP contribution in [0.15, 0.2) is 30.6 Å². The Labute approximate surface area is 148 Å². The van der Waals surface area contributed by atoms with Gasteiger partial charge in [0, 0.05) is 43.2 Å². The van der Waals surface area contributed by atoms with Gasteiger partial charge in [-0.15, -0.1) is 0 Å². The largest absolute Gasteiger partial charge is 0.427 e. The standard InChI is InChI=1S/C16H18F2N4O4/c1-16(11-8-19-20(2)9-11)10-21(5-6-25-16)12-3-4-13(22(23)24)14(7-12)26-15(17)18/h3-4,7-9,15H,5-6,10H2,1-2H3. The second kappa shape index (κ2) is 6.87. The van der Waals surface area contributed by atoms with E-state index in [1.807, 2.05) is 18.0 Å². The lowest BCUT2D eigenvalue weighted by Gasteiger charge is -2.41. The van der Waals surface area contributed by atoms with E-state index in [1.54, 1.807) is 17.9 Å². The van der Waals surface area contributed by atoms with Crippen LogP contribution in [0, 0.1) is 10.1 Å². The summed E-state index contributed by atoms with van der Waals surface area (Å²) in [6.45, 7) is 0.132. The number of nitro benzene ring substituents is 1. The van der Waals surface area contributed by atoms with Crippen molar-refractivity contribution >= 4 is 11.4 Å². The molecule has 26 heavy (non-hydrogen) atoms. The van der Waals surface area contributed by atoms with E-state index in [-0.39, 0.29) is 0 Å². The molecule has 1 fully saturated rings. The fourth-order valence-electron chi connectivity index (χ4n) is 3.00. The number of benzene rings is 1. The van der Waals surface area contributed by atoms with Gasteiger partial charge in [-0.2, -0.15) is 13.9 Å². The second-order valence-electron chi connectivity index (χ2n) is 6.19. The van der Waals surface area contributed by atoms with Gasteiger partial charge in [-0.3, -0.25) is 14.8 Å². The fraction of sp³-hybridized carbons (Fsp3) is 0.438. The molecule has 1 unspecified atom stereocenters. The van der Waals surface area contributed by atoms with Crippen LogP contribution in [0.5, 0.6) is 5.75 Å². The number of aromatic nitrogens is 2. The van der Waals surface area contributed by atoms with Crippen LogP contribution in [0.3, 0.4) is 0 Å². The summed E-state index contributed by atoms with van der Waals surface area (Å²) in [5.41, 5.74) is 0.288. The van der Waals surface area contributed by atoms with Crippen molar-refractivity contribution in [2.75, 3.05) is 24.6 Å². The van der Waals surface area contributed by atoms with Gasteiger partial charge < -0.3 is 14.4 Å². The number of hydrogen-bond acceptors (Lipinski definition) is 6. The zero-order chi connectivity index (χ0) is 18.9. The van der Waals surface area contributed by atoms with Crippen molar-refractivity contribution in [1.29, 1.82) is 0 Å². The lowest BCUT2D eigenvalue weighted by molar-refractivity contribution is -0.386. The quantitative estimate of drug-likeness (QED) is 0.596. The van der Waals surface area contributed by atoms with Crippen molar-refractivity contribution in [2.45, 2.75) is 19.1 Å². The van der Waals surface area contributed by atoms with Crippen LogP contribution in [0.25, 0.3) is 0 Å². The molecular formula is C16H18F2N4O4. The molecule has 0 bridgehead atoms. The Morgan fingerprint density at radius 3 is 2.85 bits per heavy atom. The number of rotatable bonds is 5. The van der Waals surface area contributed by atoms with Crippen molar-refractivity contribution < 1.29 is 23.2 Å². The molecule has 0 saturated carbocycles. The van der Waals surface area contributed by atoms with Gasteiger partial charge in [-0.1, -0.05) is 0 Å². The number of anilines is 1. The van der Waals surface area contributed by atoms with Gasteiger partial charge in [-0.25, -0.2) is 0 Å². The number of ether oxygens (including phenoxy) is 2. The predicted molar refractivity (Wildman–Crippen MR) is 88.5 cm³/mol. The Bertz CT molecular complexity index is 813. The van der Waals surface area contributed by atoms with Crippen LogP contribution in [-0.2, 0) is 17.4 Å². The van der Waals surface area contributed by atoms with Crippen LogP contribution in [0.4, 0.5) is 20.2 Å². The molecule has 0 radical (unpaired) electrons. The van der Waals surface area contributed by atoms with Crippen LogP contribution in [0.2, 0.25) is 0 Å². The molecule has 0 amide bonds. The molecule has 8 nitrogen and oxygen atoms in total. The normalized spacial score (nSPS) is 20.4. The van der Waals surface area contributed by atoms with E-state index < -0.39 is 28.6 Å². The van der Waals surface area contributed by atoms with Gasteiger partial charge >= 0.3 is 12.3 Å². The molecule has 10 heteroatoms. The predicted octanol–water partition coefficient (Wildman–Crippen LogP) is 2.68. The monoisotopic (exact) mass is 368 g/mol. The van der Waals surface area contributed by atoms with E-state index in [2.05, 4.69) is 9.84 Å². The second-order valence-corrected chi connectivity index (χ2v) is 6.19. The first-order chi connectivity index (χ1) is 12.3. The maximum Gasteiger partial charge on any atom is 0.387 e. The summed E-state index contributed by atoms with van der Waals surface area (Å²) in [5, 5.41) is 15.2. The van der Waals surface area contributed by atoms with Gasteiger partial charge in [0.25, 0.3) is 0 Å². The third-order valence-electron chi connectivity index (χ3n) is 4.31. The Hall–Kier alpha value is -2.75. The number of nitro groups is 1. The lowest BCUT2D eigenvalue weighted by atomic mass is 9.96. The van der Waals surface area contributed by atoms with E-state index >= 15 is 0 Å². The molecule has 140 valence electrons. The van der Waals surface area contributed by atoms with Crippen LogP contribution < -0.4 is 9.64 Å². The first-order valence-corrected chi connectivity index (χ1v) is 7.90. The average Bonchev–Trinajstić information content (AvgIpc) is 3.01. The van der Waals surface area contributed by atoms with E-state index in [1.165, 1.54) is 18.2 Å². The minimum Gasteiger partial charge on any atom is -0.427 e. The van der Waals surface area contributed by atoms with Gasteiger partial charge in [-0.05, 0) is 13.0 Å². The molecule has 0 aliphatic carbocycles. The van der Waals surface area contributed by atoms with Crippen LogP contribution in [-0.4, -0.2) is 41.0 Å². The van der Waals surface area contributed by atoms with E-state index in [0.29, 0.717) is 25.4 Å². The minimum atomic E-state index is -3.14. The summed E-state index contributed by atoms with van der Waals surface area (Å²) < 4.78 is 37.1. The number of hydrogen-bond donors (Lipinski definition) is 0. The Kier molecular flexibility index (Phi) is 4.77. The van der Waals surface area contributed by atoms with Crippen molar-refractivity contribution in [3.05, 3.63) is 46.3 Å². The van der Waals surface area contributed by atoms with E-state index in [9.17, 15) is 18.9 Å². The maximum absolute atomic E-state index is 12.6. The number of nitrogens with zero attached hydrogens (tertiary/aromatic N) is 4. The Morgan fingerprint density at radius 1 is 1.46 bits per heavy atom. The molecule has 2 heterocycles. The van der Waals surface area contributed by atoms with Gasteiger partial charge in [0.2, 0.25) is 5.75 Å². The molecule has 1 aliphatic rings. The molecule has 1 saturated heterocycles. The topological polar surface area (TPSA) is 82.7 Å². The number of halogens is 2. The zero-order valence-corrected chi connectivity index (χ0v) is 14.3. The Morgan fingerprint density at radius 2 is 2.23 bits per heavy atom. The van der Waals surface area contributed by atoms with Crippen LogP contribution >= 0.6 is 0 Å². The molecule has 1 aliphatic heterocycles. The summed E-state index contributed by atoms with van der Waals surface area (Å²) in [7, 11) is 1.80. The van der Waals surface area contributed by atoms with Gasteiger partial charge in [0.05, 0.1) is 24.3 Å². The van der Waals surface area contributed by atoms with Crippen molar-refractivity contribution in [1.82, 2.24) is 9.78 Å². The van der Waals surface area contributed by atoms with Crippen LogP contribution in [0.1, 0.15) is 12.5 Å². The highest BCUT2D eigenvalue weighted by Gasteiger charge is 2.35. The first-order valence-electron chi connectivity index (χ1n) is 7.90. The molecule has 1 aromatic carbocycles. The number of morpholine rings is 1. The fourth-order valence-corrected chi connectivity index (χ4v) is 3.00. The summed E-state index contributed by atoms with van der Waals surface area (Å²) in [6.07, 6.45) is 3.56. The van der Waals surface area contributed by atoms with E-state index in [0.717, 1.165) is 5.56 Å². The SMILES string of the molecule is Cn1cc(C2(C)CN(c3ccc([N+](=O)[O-])c(OC(F)F)c3)CCO2)cn1. The zero-order valence-electron chi connectivity index (χ0n) is 14.3. The smallest absolute Gasteiger partial charge is 0.387 e. The molecule has 2 aromatic rings. The maximum atomic E-state index is 12.6. The number of alkyl halides is 2. The highest BCUT2D eigenvalue weighted by atomic mass is 19.3. The highest BCUT2D eigenvalue weighted by Crippen LogP contribution is 2.36. The van der Waals surface area contributed by atoms with Crippen molar-refractivity contribution in [3.63, 3.8) is 0 Å². The van der Waals surface area contributed by atoms with Crippen molar-refractivity contribution in [2.24, 2.45) is 7.05 Å². The molecule has 1 aromatic heterocycles. The van der Waals surface area contributed by atoms with Crippen molar-refractivity contribution in [3.8, 4) is 5.75 Å². The third-order valence-corrected chi connectivity index (χ3v) is 4.31. The molecule has 0 N–H and O–H groups in total. The highest BCUT2D eigenvalue weighted by molar-refractivity contribution is 5.59. The summed E-state index contributed by atoms with van der Waals surface area (Å²) in [4.78, 5) is 12.2. The number of aryl methyl sites for hydroxylation is 1. The Balaban J connectivity index is 1.89. The third kappa shape index (κ3) is 3.59. The molecule has 3 rings (SSSR count). The molecular weight excluding hydrogens is 350 g/mol. The van der Waals surface area contributed by atoms with Gasteiger partial charge in [0.1, 0.15) is 5.60 Å². The van der Waals surface area contributed by atoms with Gasteiger partial charge in [0.15, 0.2) is 0 Å². The molecule has 1 atom stereocenters. The molecule has 0 spiro atoms. The summed E-state index contributed by atoms with van der Waals surface area (Å²) in [5.74, 6) is -0.461. The van der Waals surface area contributed by atoms with E-state index in [4.69, 9.17) is 4.74 Å². The average molecular weight is 368 g/mol. The minimum absolute atomic E-state index is 0.410. The summed E-state index contributed by atoms with van der Waals surface area (Å²) in [6, 6.07) is 3.95. The summed E-state index contributed by atoms with van der Waals surface area (Å²) >= 11 is 0. The first kappa shape index (κ1) is 18.1.